The molecule has 1 N–H and O–H groups in total. The van der Waals surface area contributed by atoms with Gasteiger partial charge in [-0.3, -0.25) is 9.59 Å². The van der Waals surface area contributed by atoms with Crippen LogP contribution in [-0.4, -0.2) is 11.7 Å². The van der Waals surface area contributed by atoms with E-state index in [1.807, 2.05) is 64.1 Å². The van der Waals surface area contributed by atoms with Crippen molar-refractivity contribution in [2.24, 2.45) is 0 Å². The Labute approximate surface area is 166 Å². The van der Waals surface area contributed by atoms with Crippen molar-refractivity contribution in [3.8, 4) is 0 Å². The van der Waals surface area contributed by atoms with E-state index in [2.05, 4.69) is 17.4 Å². The number of ketones is 1. The van der Waals surface area contributed by atoms with E-state index in [9.17, 15) is 9.59 Å². The maximum absolute atomic E-state index is 12.9. The van der Waals surface area contributed by atoms with Crippen LogP contribution in [0.4, 0.5) is 5.69 Å². The molecule has 0 heterocycles. The molecule has 0 radical (unpaired) electrons. The quantitative estimate of drug-likeness (QED) is 0.595. The highest BCUT2D eigenvalue weighted by Crippen LogP contribution is 2.25. The highest BCUT2D eigenvalue weighted by Gasteiger charge is 2.19. The van der Waals surface area contributed by atoms with Crippen molar-refractivity contribution in [2.45, 2.75) is 33.6 Å². The molecule has 1 atom stereocenters. The van der Waals surface area contributed by atoms with Gasteiger partial charge in [-0.25, -0.2) is 0 Å². The van der Waals surface area contributed by atoms with Crippen LogP contribution in [-0.2, 0) is 4.79 Å². The van der Waals surface area contributed by atoms with Crippen molar-refractivity contribution in [1.82, 2.24) is 0 Å². The third-order valence-corrected chi connectivity index (χ3v) is 5.00. The lowest BCUT2D eigenvalue weighted by molar-refractivity contribution is -0.117. The molecule has 0 saturated heterocycles. The largest absolute Gasteiger partial charge is 0.325 e. The monoisotopic (exact) mass is 371 g/mol. The summed E-state index contributed by atoms with van der Waals surface area (Å²) in [7, 11) is 0. The zero-order chi connectivity index (χ0) is 20.3. The number of nitrogens with one attached hydrogen (secondary N) is 1. The molecule has 0 aliphatic carbocycles. The van der Waals surface area contributed by atoms with Gasteiger partial charge in [0.05, 0.1) is 5.92 Å². The maximum Gasteiger partial charge on any atom is 0.231 e. The first-order valence-electron chi connectivity index (χ1n) is 9.45. The van der Waals surface area contributed by atoms with Gasteiger partial charge in [0.2, 0.25) is 5.91 Å². The smallest absolute Gasteiger partial charge is 0.231 e. The lowest BCUT2D eigenvalue weighted by Crippen LogP contribution is -2.20. The predicted molar refractivity (Wildman–Crippen MR) is 114 cm³/mol. The molecule has 3 rings (SSSR count). The van der Waals surface area contributed by atoms with Crippen LogP contribution in [0, 0.1) is 20.8 Å². The first-order chi connectivity index (χ1) is 13.4. The van der Waals surface area contributed by atoms with Crippen molar-refractivity contribution in [2.75, 3.05) is 5.32 Å². The molecule has 0 aliphatic heterocycles. The van der Waals surface area contributed by atoms with E-state index in [4.69, 9.17) is 0 Å². The SMILES string of the molecule is Cc1cc(C)c(NC(=O)[C@@H](C)c2cccc(C(=O)c3ccccc3)c2)c(C)c1. The van der Waals surface area contributed by atoms with Crippen molar-refractivity contribution < 1.29 is 9.59 Å². The van der Waals surface area contributed by atoms with E-state index >= 15 is 0 Å². The molecule has 0 saturated carbocycles. The molecule has 1 amide bonds. The van der Waals surface area contributed by atoms with Gasteiger partial charge in [0, 0.05) is 16.8 Å². The normalized spacial score (nSPS) is 11.7. The number of rotatable bonds is 5. The van der Waals surface area contributed by atoms with Gasteiger partial charge in [-0.15, -0.1) is 0 Å². The van der Waals surface area contributed by atoms with Crippen molar-refractivity contribution >= 4 is 17.4 Å². The fourth-order valence-corrected chi connectivity index (χ4v) is 3.47. The average Bonchev–Trinajstić information content (AvgIpc) is 2.70. The van der Waals surface area contributed by atoms with Gasteiger partial charge in [-0.05, 0) is 50.5 Å². The van der Waals surface area contributed by atoms with Crippen LogP contribution in [0.3, 0.4) is 0 Å². The Balaban J connectivity index is 1.82. The predicted octanol–water partition coefficient (Wildman–Crippen LogP) is 5.59. The van der Waals surface area contributed by atoms with Crippen molar-refractivity contribution in [3.05, 3.63) is 100 Å². The van der Waals surface area contributed by atoms with Crippen LogP contribution in [0.15, 0.2) is 66.7 Å². The molecule has 3 heteroatoms. The van der Waals surface area contributed by atoms with Gasteiger partial charge in [0.1, 0.15) is 0 Å². The van der Waals surface area contributed by atoms with E-state index in [1.54, 1.807) is 18.2 Å². The van der Waals surface area contributed by atoms with Crippen LogP contribution in [0.2, 0.25) is 0 Å². The summed E-state index contributed by atoms with van der Waals surface area (Å²) < 4.78 is 0. The second-order valence-electron chi connectivity index (χ2n) is 7.31. The van der Waals surface area contributed by atoms with Gasteiger partial charge in [-0.2, -0.15) is 0 Å². The van der Waals surface area contributed by atoms with Crippen molar-refractivity contribution in [1.29, 1.82) is 0 Å². The Kier molecular flexibility index (Phi) is 5.74. The Morgan fingerprint density at radius 1 is 0.786 bits per heavy atom. The minimum atomic E-state index is -0.372. The molecule has 0 aromatic heterocycles. The minimum absolute atomic E-state index is 0.0414. The Morgan fingerprint density at radius 3 is 2.04 bits per heavy atom. The van der Waals surface area contributed by atoms with Crippen LogP contribution < -0.4 is 5.32 Å². The second-order valence-corrected chi connectivity index (χ2v) is 7.31. The fourth-order valence-electron chi connectivity index (χ4n) is 3.47. The highest BCUT2D eigenvalue weighted by molar-refractivity contribution is 6.09. The van der Waals surface area contributed by atoms with E-state index in [1.165, 1.54) is 5.56 Å². The standard InChI is InChI=1S/C25H25NO2/c1-16-13-17(2)23(18(3)14-16)26-25(28)19(4)21-11-8-12-22(15-21)24(27)20-9-6-5-7-10-20/h5-15,19H,1-4H3,(H,26,28)/t19-/m0/s1. The fraction of sp³-hybridized carbons (Fsp3) is 0.200. The van der Waals surface area contributed by atoms with E-state index < -0.39 is 0 Å². The second kappa shape index (κ2) is 8.22. The lowest BCUT2D eigenvalue weighted by atomic mass is 9.95. The molecule has 142 valence electrons. The number of anilines is 1. The molecular weight excluding hydrogens is 346 g/mol. The number of carbonyl (C=O) groups is 2. The molecule has 0 fully saturated rings. The molecule has 0 aliphatic rings. The third kappa shape index (κ3) is 4.20. The molecule has 0 unspecified atom stereocenters. The number of benzene rings is 3. The zero-order valence-electron chi connectivity index (χ0n) is 16.7. The third-order valence-electron chi connectivity index (χ3n) is 5.00. The molecule has 0 spiro atoms. The molecule has 3 aromatic carbocycles. The number of hydrogen-bond donors (Lipinski definition) is 1. The molecule has 0 bridgehead atoms. The van der Waals surface area contributed by atoms with Crippen LogP contribution in [0.5, 0.6) is 0 Å². The number of aryl methyl sites for hydroxylation is 3. The summed E-state index contributed by atoms with van der Waals surface area (Å²) in [6, 6.07) is 20.6. The first kappa shape index (κ1) is 19.6. The van der Waals surface area contributed by atoms with Gasteiger partial charge < -0.3 is 5.32 Å². The molecular formula is C25H25NO2. The summed E-state index contributed by atoms with van der Waals surface area (Å²) in [4.78, 5) is 25.6. The van der Waals surface area contributed by atoms with Crippen LogP contribution in [0.25, 0.3) is 0 Å². The summed E-state index contributed by atoms with van der Waals surface area (Å²) in [5, 5.41) is 3.06. The average molecular weight is 371 g/mol. The maximum atomic E-state index is 12.9. The van der Waals surface area contributed by atoms with Gasteiger partial charge in [-0.1, -0.05) is 66.2 Å². The first-order valence-corrected chi connectivity index (χ1v) is 9.45. The Morgan fingerprint density at radius 2 is 1.39 bits per heavy atom. The highest BCUT2D eigenvalue weighted by atomic mass is 16.2. The van der Waals surface area contributed by atoms with Gasteiger partial charge >= 0.3 is 0 Å². The molecule has 3 nitrogen and oxygen atoms in total. The van der Waals surface area contributed by atoms with Gasteiger partial charge in [0.25, 0.3) is 0 Å². The van der Waals surface area contributed by atoms with Crippen LogP contribution >= 0.6 is 0 Å². The Bertz CT molecular complexity index is 999. The molecule has 28 heavy (non-hydrogen) atoms. The Hall–Kier alpha value is -3.20. The summed E-state index contributed by atoms with van der Waals surface area (Å²) in [5.74, 6) is -0.497. The van der Waals surface area contributed by atoms with Crippen LogP contribution in [0.1, 0.15) is 51.0 Å². The van der Waals surface area contributed by atoms with E-state index in [0.717, 1.165) is 22.4 Å². The lowest BCUT2D eigenvalue weighted by Gasteiger charge is -2.17. The number of hydrogen-bond acceptors (Lipinski definition) is 2. The van der Waals surface area contributed by atoms with E-state index in [-0.39, 0.29) is 17.6 Å². The summed E-state index contributed by atoms with van der Waals surface area (Å²) in [6.07, 6.45) is 0. The zero-order valence-corrected chi connectivity index (χ0v) is 16.7. The summed E-state index contributed by atoms with van der Waals surface area (Å²) >= 11 is 0. The topological polar surface area (TPSA) is 46.2 Å². The molecule has 3 aromatic rings. The number of carbonyl (C=O) groups excluding carboxylic acids is 2. The van der Waals surface area contributed by atoms with Gasteiger partial charge in [0.15, 0.2) is 5.78 Å². The number of amides is 1. The minimum Gasteiger partial charge on any atom is -0.325 e. The van der Waals surface area contributed by atoms with E-state index in [0.29, 0.717) is 11.1 Å². The van der Waals surface area contributed by atoms with Crippen molar-refractivity contribution in [3.63, 3.8) is 0 Å². The summed E-state index contributed by atoms with van der Waals surface area (Å²) in [5.41, 5.74) is 6.18. The summed E-state index contributed by atoms with van der Waals surface area (Å²) in [6.45, 7) is 7.91.